The Kier molecular flexibility index (Phi) is 13.5. The molecule has 0 fully saturated rings. The van der Waals surface area contributed by atoms with E-state index >= 15 is 0 Å². The van der Waals surface area contributed by atoms with Crippen LogP contribution in [0.5, 0.6) is 0 Å². The fourth-order valence-corrected chi connectivity index (χ4v) is 1.11. The van der Waals surface area contributed by atoms with Crippen molar-refractivity contribution in [1.29, 1.82) is 0 Å². The fraction of sp³-hybridized carbons (Fsp3) is 0.364. The molecule has 0 atom stereocenters. The molecule has 0 aliphatic heterocycles. The number of rotatable bonds is 1. The normalized spacial score (nSPS) is 8.65. The van der Waals surface area contributed by atoms with Crippen LogP contribution in [0.15, 0.2) is 24.3 Å². The van der Waals surface area contributed by atoms with Gasteiger partial charge in [-0.05, 0) is 23.1 Å². The third-order valence-electron chi connectivity index (χ3n) is 2.00. The molecule has 0 saturated heterocycles. The van der Waals surface area contributed by atoms with Crippen LogP contribution in [-0.2, 0) is 5.41 Å². The van der Waals surface area contributed by atoms with E-state index in [1.165, 1.54) is 0 Å². The van der Waals surface area contributed by atoms with Gasteiger partial charge in [0.2, 0.25) is 0 Å². The van der Waals surface area contributed by atoms with Gasteiger partial charge in [0.05, 0.1) is 5.56 Å². The molecule has 17 heavy (non-hydrogen) atoms. The summed E-state index contributed by atoms with van der Waals surface area (Å²) in [4.78, 5) is 10.6. The molecular formula is C11H17AlO5. The van der Waals surface area contributed by atoms with Crippen LogP contribution < -0.4 is 0 Å². The van der Waals surface area contributed by atoms with Crippen LogP contribution in [0, 0.1) is 0 Å². The molecule has 0 aliphatic rings. The zero-order valence-corrected chi connectivity index (χ0v) is 11.2. The second kappa shape index (κ2) is 9.17. The summed E-state index contributed by atoms with van der Waals surface area (Å²) in [7, 11) is 0. The van der Waals surface area contributed by atoms with Crippen LogP contribution in [0.25, 0.3) is 0 Å². The second-order valence-electron chi connectivity index (χ2n) is 4.13. The summed E-state index contributed by atoms with van der Waals surface area (Å²) in [6.07, 6.45) is 0. The third-order valence-corrected chi connectivity index (χ3v) is 2.00. The molecule has 94 valence electrons. The Morgan fingerprint density at radius 1 is 1.00 bits per heavy atom. The molecule has 0 amide bonds. The smallest absolute Gasteiger partial charge is 0.870 e. The molecule has 0 spiro atoms. The number of hydrogen-bond donors (Lipinski definition) is 1. The van der Waals surface area contributed by atoms with E-state index in [4.69, 9.17) is 5.11 Å². The van der Waals surface area contributed by atoms with Crippen LogP contribution in [-0.4, -0.2) is 44.9 Å². The molecule has 4 N–H and O–H groups in total. The fourth-order valence-electron chi connectivity index (χ4n) is 1.11. The van der Waals surface area contributed by atoms with Crippen molar-refractivity contribution in [2.24, 2.45) is 0 Å². The number of aromatic carboxylic acids is 1. The van der Waals surface area contributed by atoms with Gasteiger partial charge in [-0.25, -0.2) is 4.79 Å². The number of carboxylic acids is 1. The molecule has 0 radical (unpaired) electrons. The molecule has 0 saturated carbocycles. The quantitative estimate of drug-likeness (QED) is 0.765. The van der Waals surface area contributed by atoms with Gasteiger partial charge < -0.3 is 21.5 Å². The first-order chi connectivity index (χ1) is 5.91. The van der Waals surface area contributed by atoms with Gasteiger partial charge in [0, 0.05) is 0 Å². The molecule has 1 aromatic carbocycles. The summed E-state index contributed by atoms with van der Waals surface area (Å²) in [6, 6.07) is 7.01. The van der Waals surface area contributed by atoms with E-state index in [0.29, 0.717) is 5.56 Å². The molecule has 0 heterocycles. The van der Waals surface area contributed by atoms with Crippen LogP contribution in [0.2, 0.25) is 0 Å². The second-order valence-corrected chi connectivity index (χ2v) is 4.13. The molecule has 0 unspecified atom stereocenters. The Morgan fingerprint density at radius 2 is 1.35 bits per heavy atom. The maximum atomic E-state index is 10.6. The van der Waals surface area contributed by atoms with Crippen molar-refractivity contribution in [3.05, 3.63) is 35.4 Å². The van der Waals surface area contributed by atoms with Gasteiger partial charge in [0.15, 0.2) is 0 Å². The first-order valence-corrected chi connectivity index (χ1v) is 4.25. The minimum Gasteiger partial charge on any atom is -0.870 e. The van der Waals surface area contributed by atoms with Gasteiger partial charge in [0.25, 0.3) is 0 Å². The average molecular weight is 256 g/mol. The van der Waals surface area contributed by atoms with Gasteiger partial charge in [-0.2, -0.15) is 0 Å². The van der Waals surface area contributed by atoms with Gasteiger partial charge in [-0.3, -0.25) is 0 Å². The van der Waals surface area contributed by atoms with E-state index in [0.717, 1.165) is 5.56 Å². The standard InChI is InChI=1S/C11H14O2.Al.3H2O/c1-11(2,3)9-6-4-8(5-7-9)10(12)13;;;;/h4-7H,1-3H3,(H,12,13);;3*1H2/q;+3;;;/p-3. The summed E-state index contributed by atoms with van der Waals surface area (Å²) >= 11 is 0. The van der Waals surface area contributed by atoms with E-state index in [1.807, 2.05) is 12.1 Å². The average Bonchev–Trinajstić information content (AvgIpc) is 2.03. The van der Waals surface area contributed by atoms with Gasteiger partial charge in [0.1, 0.15) is 0 Å². The maximum absolute atomic E-state index is 10.6. The van der Waals surface area contributed by atoms with Crippen LogP contribution >= 0.6 is 0 Å². The monoisotopic (exact) mass is 256 g/mol. The minimum absolute atomic E-state index is 0. The van der Waals surface area contributed by atoms with E-state index in [9.17, 15) is 4.79 Å². The predicted molar refractivity (Wildman–Crippen MR) is 63.7 cm³/mol. The Morgan fingerprint density at radius 3 is 1.59 bits per heavy atom. The zero-order chi connectivity index (χ0) is 10.1. The Hall–Kier alpha value is -0.898. The van der Waals surface area contributed by atoms with Crippen LogP contribution in [0.1, 0.15) is 36.7 Å². The van der Waals surface area contributed by atoms with Crippen molar-refractivity contribution >= 4 is 23.3 Å². The predicted octanol–water partition coefficient (Wildman–Crippen LogP) is 1.77. The first kappa shape index (κ1) is 25.1. The molecule has 1 rings (SSSR count). The molecule has 5 nitrogen and oxygen atoms in total. The van der Waals surface area contributed by atoms with Gasteiger partial charge >= 0.3 is 23.3 Å². The van der Waals surface area contributed by atoms with E-state index in [1.54, 1.807) is 12.1 Å². The summed E-state index contributed by atoms with van der Waals surface area (Å²) in [5, 5.41) is 8.68. The van der Waals surface area contributed by atoms with E-state index in [-0.39, 0.29) is 39.2 Å². The van der Waals surface area contributed by atoms with Crippen molar-refractivity contribution in [1.82, 2.24) is 0 Å². The Bertz CT molecular complexity index is 316. The molecule has 6 heteroatoms. The van der Waals surface area contributed by atoms with Crippen LogP contribution in [0.3, 0.4) is 0 Å². The molecule has 0 bridgehead atoms. The molecular weight excluding hydrogens is 239 g/mol. The minimum atomic E-state index is -0.875. The topological polar surface area (TPSA) is 127 Å². The number of hydrogen-bond acceptors (Lipinski definition) is 4. The van der Waals surface area contributed by atoms with Crippen molar-refractivity contribution in [3.63, 3.8) is 0 Å². The summed E-state index contributed by atoms with van der Waals surface area (Å²) in [5.41, 5.74) is 1.57. The zero-order valence-electron chi connectivity index (χ0n) is 10.1. The van der Waals surface area contributed by atoms with Crippen molar-refractivity contribution in [3.8, 4) is 0 Å². The number of carboxylic acid groups (broad SMARTS) is 1. The summed E-state index contributed by atoms with van der Waals surface area (Å²) in [5.74, 6) is -0.875. The van der Waals surface area contributed by atoms with Crippen molar-refractivity contribution < 1.29 is 26.3 Å². The first-order valence-electron chi connectivity index (χ1n) is 4.25. The molecule has 0 aliphatic carbocycles. The van der Waals surface area contributed by atoms with E-state index in [2.05, 4.69) is 20.8 Å². The maximum Gasteiger partial charge on any atom is 3.00 e. The summed E-state index contributed by atoms with van der Waals surface area (Å²) in [6.45, 7) is 6.30. The molecule has 1 aromatic rings. The third kappa shape index (κ3) is 7.11. The largest absolute Gasteiger partial charge is 3.00 e. The van der Waals surface area contributed by atoms with Gasteiger partial charge in [-0.1, -0.05) is 32.9 Å². The number of benzene rings is 1. The SMILES string of the molecule is CC(C)(C)c1ccc(C(=O)O)cc1.[Al+3].[OH-].[OH-].[OH-]. The van der Waals surface area contributed by atoms with Crippen LogP contribution in [0.4, 0.5) is 0 Å². The van der Waals surface area contributed by atoms with Crippen molar-refractivity contribution in [2.45, 2.75) is 26.2 Å². The molecule has 0 aromatic heterocycles. The Balaban J connectivity index is -0.000000211. The van der Waals surface area contributed by atoms with E-state index < -0.39 is 5.97 Å². The number of carbonyl (C=O) groups is 1. The van der Waals surface area contributed by atoms with Gasteiger partial charge in [-0.15, -0.1) is 0 Å². The summed E-state index contributed by atoms with van der Waals surface area (Å²) < 4.78 is 0. The van der Waals surface area contributed by atoms with Crippen molar-refractivity contribution in [2.75, 3.05) is 0 Å². The Labute approximate surface area is 112 Å².